The average Bonchev–Trinajstić information content (AvgIpc) is 2.53. The zero-order valence-corrected chi connectivity index (χ0v) is 10.9. The minimum absolute atomic E-state index is 1.09. The lowest BCUT2D eigenvalue weighted by Crippen LogP contribution is -1.97. The molecule has 1 rings (SSSR count). The first-order valence-electron chi connectivity index (χ1n) is 5.55. The van der Waals surface area contributed by atoms with Crippen molar-refractivity contribution in [3.05, 3.63) is 41.4 Å². The van der Waals surface area contributed by atoms with Crippen LogP contribution in [0.15, 0.2) is 28.8 Å². The van der Waals surface area contributed by atoms with Crippen molar-refractivity contribution in [3.63, 3.8) is 0 Å². The van der Waals surface area contributed by atoms with Crippen LogP contribution in [0, 0.1) is 6.92 Å². The van der Waals surface area contributed by atoms with E-state index in [0.29, 0.717) is 0 Å². The van der Waals surface area contributed by atoms with Crippen molar-refractivity contribution in [3.8, 4) is 0 Å². The number of allylic oxidation sites excluding steroid dienone is 1. The van der Waals surface area contributed by atoms with Gasteiger partial charge in [-0.15, -0.1) is 0 Å². The van der Waals surface area contributed by atoms with Gasteiger partial charge in [0.15, 0.2) is 0 Å². The second kappa shape index (κ2) is 5.99. The Hall–Kier alpha value is -1.90. The Bertz CT molecular complexity index is 488. The van der Waals surface area contributed by atoms with Gasteiger partial charge in [0.05, 0.1) is 5.69 Å². The monoisotopic (exact) mass is 229 g/mol. The second-order valence-electron chi connectivity index (χ2n) is 3.71. The molecule has 0 spiro atoms. The molecule has 0 radical (unpaired) electrons. The van der Waals surface area contributed by atoms with Gasteiger partial charge in [0.2, 0.25) is 0 Å². The maximum absolute atomic E-state index is 4.11. The van der Waals surface area contributed by atoms with Crippen molar-refractivity contribution in [2.24, 2.45) is 17.0 Å². The normalized spacial score (nSPS) is 12.2. The van der Waals surface area contributed by atoms with Crippen LogP contribution >= 0.6 is 0 Å². The van der Waals surface area contributed by atoms with Crippen molar-refractivity contribution in [1.82, 2.24) is 4.57 Å². The number of hydrogen-bond donors (Lipinski definition) is 0. The van der Waals surface area contributed by atoms with Crippen LogP contribution in [-0.4, -0.2) is 24.0 Å². The highest BCUT2D eigenvalue weighted by Gasteiger charge is 2.13. The topological polar surface area (TPSA) is 29.6 Å². The zero-order valence-electron chi connectivity index (χ0n) is 10.9. The first-order chi connectivity index (χ1) is 8.17. The summed E-state index contributed by atoms with van der Waals surface area (Å²) in [6.07, 6.45) is 9.35. The van der Waals surface area contributed by atoms with Crippen molar-refractivity contribution < 1.29 is 0 Å². The number of hydrogen-bond acceptors (Lipinski definition) is 2. The van der Waals surface area contributed by atoms with E-state index in [0.717, 1.165) is 16.8 Å². The Kier molecular flexibility index (Phi) is 4.64. The molecule has 0 aliphatic heterocycles. The summed E-state index contributed by atoms with van der Waals surface area (Å²) < 4.78 is 2.12. The van der Waals surface area contributed by atoms with Crippen LogP contribution in [0.5, 0.6) is 0 Å². The van der Waals surface area contributed by atoms with Crippen molar-refractivity contribution >= 4 is 18.5 Å². The second-order valence-corrected chi connectivity index (χ2v) is 3.71. The van der Waals surface area contributed by atoms with E-state index < -0.39 is 0 Å². The summed E-state index contributed by atoms with van der Waals surface area (Å²) in [5, 5.41) is 0. The molecular formula is C14H19N3. The van der Waals surface area contributed by atoms with Gasteiger partial charge < -0.3 is 4.57 Å². The number of rotatable bonds is 4. The zero-order chi connectivity index (χ0) is 12.8. The first kappa shape index (κ1) is 13.2. The molecule has 1 heterocycles. The lowest BCUT2D eigenvalue weighted by Gasteiger charge is -1.99. The van der Waals surface area contributed by atoms with Gasteiger partial charge in [0.25, 0.3) is 0 Å². The predicted molar refractivity (Wildman–Crippen MR) is 76.2 cm³/mol. The van der Waals surface area contributed by atoms with Crippen LogP contribution in [-0.2, 0) is 7.05 Å². The maximum atomic E-state index is 4.11. The van der Waals surface area contributed by atoms with Crippen LogP contribution in [0.3, 0.4) is 0 Å². The molecule has 0 saturated heterocycles. The van der Waals surface area contributed by atoms with E-state index in [1.807, 2.05) is 32.5 Å². The fourth-order valence-electron chi connectivity index (χ4n) is 1.79. The molecule has 0 fully saturated rings. The summed E-state index contributed by atoms with van der Waals surface area (Å²) in [5.41, 5.74) is 4.51. The fraction of sp³-hybridized carbons (Fsp3) is 0.286. The highest BCUT2D eigenvalue weighted by atomic mass is 15.0. The molecule has 0 unspecified atom stereocenters. The molecule has 0 aliphatic carbocycles. The highest BCUT2D eigenvalue weighted by molar-refractivity contribution is 5.95. The van der Waals surface area contributed by atoms with Gasteiger partial charge in [0.1, 0.15) is 0 Å². The Morgan fingerprint density at radius 1 is 1.24 bits per heavy atom. The summed E-state index contributed by atoms with van der Waals surface area (Å²) in [5.74, 6) is 0. The van der Waals surface area contributed by atoms with E-state index in [4.69, 9.17) is 0 Å². The quantitative estimate of drug-likeness (QED) is 0.710. The van der Waals surface area contributed by atoms with Crippen LogP contribution in [0.4, 0.5) is 0 Å². The molecule has 90 valence electrons. The van der Waals surface area contributed by atoms with Gasteiger partial charge in [0, 0.05) is 49.5 Å². The van der Waals surface area contributed by atoms with E-state index in [9.17, 15) is 0 Å². The minimum Gasteiger partial charge on any atom is -0.346 e. The number of nitrogens with zero attached hydrogens (tertiary/aromatic N) is 3. The summed E-state index contributed by atoms with van der Waals surface area (Å²) in [4.78, 5) is 8.21. The molecule has 3 nitrogen and oxygen atoms in total. The molecule has 0 aromatic carbocycles. The molecule has 1 aromatic rings. The molecule has 1 aromatic heterocycles. The van der Waals surface area contributed by atoms with E-state index in [2.05, 4.69) is 34.1 Å². The van der Waals surface area contributed by atoms with Crippen LogP contribution in [0.25, 0.3) is 6.08 Å². The van der Waals surface area contributed by atoms with Crippen LogP contribution in [0.1, 0.15) is 29.4 Å². The standard InChI is InChI=1S/C14H19N3/c1-6-8-12-13(9-16-7-2)11(3)17(5)14(12)10-15-4/h6-10H,2H2,1,3-5H3/b8-6-,15-10?,16-9?. The summed E-state index contributed by atoms with van der Waals surface area (Å²) >= 11 is 0. The van der Waals surface area contributed by atoms with Crippen molar-refractivity contribution in [2.75, 3.05) is 7.05 Å². The van der Waals surface area contributed by atoms with E-state index in [1.165, 1.54) is 5.69 Å². The highest BCUT2D eigenvalue weighted by Crippen LogP contribution is 2.21. The van der Waals surface area contributed by atoms with Crippen molar-refractivity contribution in [1.29, 1.82) is 0 Å². The summed E-state index contributed by atoms with van der Waals surface area (Å²) in [7, 11) is 3.81. The fourth-order valence-corrected chi connectivity index (χ4v) is 1.79. The first-order valence-corrected chi connectivity index (χ1v) is 5.55. The molecule has 0 bridgehead atoms. The summed E-state index contributed by atoms with van der Waals surface area (Å²) in [6, 6.07) is 0. The average molecular weight is 229 g/mol. The summed E-state index contributed by atoms with van der Waals surface area (Å²) in [6.45, 7) is 7.68. The van der Waals surface area contributed by atoms with Gasteiger partial charge in [-0.25, -0.2) is 0 Å². The molecule has 0 N–H and O–H groups in total. The maximum Gasteiger partial charge on any atom is 0.0667 e. The SMILES string of the molecule is C=CN=Cc1c(/C=C\C)c(C=NC)n(C)c1C. The molecular weight excluding hydrogens is 210 g/mol. The Morgan fingerprint density at radius 3 is 2.47 bits per heavy atom. The smallest absolute Gasteiger partial charge is 0.0667 e. The van der Waals surface area contributed by atoms with E-state index in [1.54, 1.807) is 13.2 Å². The van der Waals surface area contributed by atoms with E-state index >= 15 is 0 Å². The molecule has 0 atom stereocenters. The van der Waals surface area contributed by atoms with Crippen LogP contribution < -0.4 is 0 Å². The van der Waals surface area contributed by atoms with Gasteiger partial charge in [-0.1, -0.05) is 18.7 Å². The lowest BCUT2D eigenvalue weighted by molar-refractivity contribution is 0.873. The van der Waals surface area contributed by atoms with Crippen LogP contribution in [0.2, 0.25) is 0 Å². The van der Waals surface area contributed by atoms with Crippen molar-refractivity contribution in [2.45, 2.75) is 13.8 Å². The Labute approximate surface area is 103 Å². The molecule has 3 heteroatoms. The number of aromatic nitrogens is 1. The van der Waals surface area contributed by atoms with Gasteiger partial charge in [-0.3, -0.25) is 9.98 Å². The number of aliphatic imine (C=N–C) groups is 2. The predicted octanol–water partition coefficient (Wildman–Crippen LogP) is 2.98. The van der Waals surface area contributed by atoms with Gasteiger partial charge >= 0.3 is 0 Å². The molecule has 0 saturated carbocycles. The minimum atomic E-state index is 1.09. The molecule has 0 aliphatic rings. The van der Waals surface area contributed by atoms with Gasteiger partial charge in [-0.2, -0.15) is 0 Å². The third-order valence-corrected chi connectivity index (χ3v) is 2.71. The molecule has 17 heavy (non-hydrogen) atoms. The lowest BCUT2D eigenvalue weighted by atomic mass is 10.1. The third kappa shape index (κ3) is 2.61. The largest absolute Gasteiger partial charge is 0.346 e. The Morgan fingerprint density at radius 2 is 1.94 bits per heavy atom. The van der Waals surface area contributed by atoms with Gasteiger partial charge in [-0.05, 0) is 13.8 Å². The molecule has 0 amide bonds. The third-order valence-electron chi connectivity index (χ3n) is 2.71. The Balaban J connectivity index is 3.51. The van der Waals surface area contributed by atoms with E-state index in [-0.39, 0.29) is 0 Å².